The van der Waals surface area contributed by atoms with Crippen molar-refractivity contribution in [3.05, 3.63) is 35.4 Å². The summed E-state index contributed by atoms with van der Waals surface area (Å²) in [5.41, 5.74) is 4.78. The summed E-state index contributed by atoms with van der Waals surface area (Å²) in [7, 11) is 0. The Labute approximate surface area is 92.5 Å². The molecule has 1 atom stereocenters. The first-order valence-electron chi connectivity index (χ1n) is 4.78. The van der Waals surface area contributed by atoms with Crippen molar-refractivity contribution in [3.8, 4) is 0 Å². The summed E-state index contributed by atoms with van der Waals surface area (Å²) < 4.78 is 0. The van der Waals surface area contributed by atoms with Crippen molar-refractivity contribution in [2.45, 2.75) is 18.9 Å². The molecule has 0 radical (unpaired) electrons. The fraction of sp³-hybridized carbons (Fsp3) is 0.273. The molecule has 0 unspecified atom stereocenters. The lowest BCUT2D eigenvalue weighted by Gasteiger charge is -2.23. The van der Waals surface area contributed by atoms with Crippen LogP contribution in [0.2, 0.25) is 0 Å². The summed E-state index contributed by atoms with van der Waals surface area (Å²) >= 11 is 0. The molecule has 1 rings (SSSR count). The molecule has 0 aromatic heterocycles. The van der Waals surface area contributed by atoms with Crippen LogP contribution >= 0.6 is 0 Å². The molecule has 4 N–H and O–H groups in total. The molecule has 0 aliphatic rings. The van der Waals surface area contributed by atoms with Gasteiger partial charge in [0, 0.05) is 0 Å². The van der Waals surface area contributed by atoms with E-state index in [-0.39, 0.29) is 12.0 Å². The Kier molecular flexibility index (Phi) is 3.29. The van der Waals surface area contributed by atoms with Crippen LogP contribution in [0, 0.1) is 0 Å². The van der Waals surface area contributed by atoms with Gasteiger partial charge in [0.2, 0.25) is 0 Å². The zero-order valence-corrected chi connectivity index (χ0v) is 8.80. The molecule has 1 aromatic rings. The third-order valence-electron chi connectivity index (χ3n) is 2.59. The van der Waals surface area contributed by atoms with Crippen molar-refractivity contribution in [1.29, 1.82) is 0 Å². The highest BCUT2D eigenvalue weighted by Gasteiger charge is 2.33. The van der Waals surface area contributed by atoms with Gasteiger partial charge in [-0.1, -0.05) is 19.1 Å². The van der Waals surface area contributed by atoms with E-state index < -0.39 is 17.5 Å². The number of carbonyl (C=O) groups is 2. The van der Waals surface area contributed by atoms with Crippen LogP contribution in [0.25, 0.3) is 0 Å². The molecule has 0 spiro atoms. The molecule has 0 saturated carbocycles. The number of carboxylic acids is 2. The third kappa shape index (κ3) is 2.04. The minimum Gasteiger partial charge on any atom is -0.480 e. The van der Waals surface area contributed by atoms with Crippen molar-refractivity contribution < 1.29 is 19.8 Å². The number of rotatable bonds is 4. The minimum absolute atomic E-state index is 0.104. The molecule has 5 nitrogen and oxygen atoms in total. The van der Waals surface area contributed by atoms with Crippen molar-refractivity contribution in [3.63, 3.8) is 0 Å². The van der Waals surface area contributed by atoms with E-state index in [4.69, 9.17) is 15.9 Å². The van der Waals surface area contributed by atoms with Crippen LogP contribution in [0.5, 0.6) is 0 Å². The molecule has 0 bridgehead atoms. The van der Waals surface area contributed by atoms with Gasteiger partial charge in [0.05, 0.1) is 5.56 Å². The van der Waals surface area contributed by atoms with Crippen LogP contribution in [0.15, 0.2) is 24.3 Å². The Morgan fingerprint density at radius 1 is 1.25 bits per heavy atom. The quantitative estimate of drug-likeness (QED) is 0.707. The van der Waals surface area contributed by atoms with Gasteiger partial charge < -0.3 is 15.9 Å². The van der Waals surface area contributed by atoms with Crippen LogP contribution in [0.1, 0.15) is 29.3 Å². The number of aromatic carboxylic acids is 1. The van der Waals surface area contributed by atoms with Gasteiger partial charge in [-0.05, 0) is 24.1 Å². The van der Waals surface area contributed by atoms with Gasteiger partial charge in [0.1, 0.15) is 5.54 Å². The van der Waals surface area contributed by atoms with Gasteiger partial charge in [-0.15, -0.1) is 0 Å². The number of benzene rings is 1. The summed E-state index contributed by atoms with van der Waals surface area (Å²) in [6, 6.07) is 5.55. The third-order valence-corrected chi connectivity index (χ3v) is 2.59. The van der Waals surface area contributed by atoms with Gasteiger partial charge in [-0.2, -0.15) is 0 Å². The molecule has 5 heteroatoms. The van der Waals surface area contributed by atoms with Crippen molar-refractivity contribution in [1.82, 2.24) is 0 Å². The summed E-state index contributed by atoms with van der Waals surface area (Å²) in [5, 5.41) is 17.7. The van der Waals surface area contributed by atoms with Gasteiger partial charge in [0.15, 0.2) is 0 Å². The Balaban J connectivity index is 3.14. The molecule has 0 aliphatic carbocycles. The maximum atomic E-state index is 11.0. The van der Waals surface area contributed by atoms with Crippen molar-refractivity contribution in [2.24, 2.45) is 5.73 Å². The van der Waals surface area contributed by atoms with Crippen molar-refractivity contribution in [2.75, 3.05) is 0 Å². The van der Waals surface area contributed by atoms with Crippen LogP contribution < -0.4 is 5.73 Å². The van der Waals surface area contributed by atoms with E-state index in [0.717, 1.165) is 0 Å². The van der Waals surface area contributed by atoms with E-state index in [2.05, 4.69) is 0 Å². The summed E-state index contributed by atoms with van der Waals surface area (Å²) in [4.78, 5) is 21.6. The highest BCUT2D eigenvalue weighted by molar-refractivity contribution is 5.88. The van der Waals surface area contributed by atoms with Gasteiger partial charge in [-0.25, -0.2) is 9.59 Å². The molecule has 16 heavy (non-hydrogen) atoms. The number of nitrogens with two attached hydrogens (primary N) is 1. The largest absolute Gasteiger partial charge is 0.480 e. The van der Waals surface area contributed by atoms with Crippen molar-refractivity contribution >= 4 is 11.9 Å². The van der Waals surface area contributed by atoms with E-state index in [0.29, 0.717) is 5.56 Å². The second kappa shape index (κ2) is 4.32. The predicted octanol–water partition coefficient (Wildman–Crippen LogP) is 1.03. The molecule has 0 saturated heterocycles. The maximum Gasteiger partial charge on any atom is 0.335 e. The molecule has 1 aromatic carbocycles. The fourth-order valence-corrected chi connectivity index (χ4v) is 1.39. The monoisotopic (exact) mass is 223 g/mol. The predicted molar refractivity (Wildman–Crippen MR) is 57.2 cm³/mol. The first-order chi connectivity index (χ1) is 7.41. The summed E-state index contributed by atoms with van der Waals surface area (Å²) in [6.45, 7) is 1.67. The Morgan fingerprint density at radius 2 is 1.75 bits per heavy atom. The lowest BCUT2D eigenvalue weighted by molar-refractivity contribution is -0.143. The molecule has 86 valence electrons. The smallest absolute Gasteiger partial charge is 0.335 e. The zero-order valence-electron chi connectivity index (χ0n) is 8.80. The Morgan fingerprint density at radius 3 is 2.06 bits per heavy atom. The van der Waals surface area contributed by atoms with Crippen LogP contribution in [-0.4, -0.2) is 22.2 Å². The fourth-order valence-electron chi connectivity index (χ4n) is 1.39. The second-order valence-corrected chi connectivity index (χ2v) is 3.51. The minimum atomic E-state index is -1.46. The molecule has 0 fully saturated rings. The summed E-state index contributed by atoms with van der Waals surface area (Å²) in [5.74, 6) is -2.18. The average Bonchev–Trinajstić information content (AvgIpc) is 2.27. The van der Waals surface area contributed by atoms with E-state index in [9.17, 15) is 9.59 Å². The molecule has 0 aliphatic heterocycles. The first kappa shape index (κ1) is 12.2. The molecular weight excluding hydrogens is 210 g/mol. The van der Waals surface area contributed by atoms with Crippen LogP contribution in [0.3, 0.4) is 0 Å². The number of carboxylic acid groups (broad SMARTS) is 2. The molecular formula is C11H13NO4. The van der Waals surface area contributed by atoms with E-state index in [1.54, 1.807) is 6.92 Å². The average molecular weight is 223 g/mol. The van der Waals surface area contributed by atoms with Crippen LogP contribution in [-0.2, 0) is 10.3 Å². The first-order valence-corrected chi connectivity index (χ1v) is 4.78. The number of aliphatic carboxylic acids is 1. The van der Waals surface area contributed by atoms with E-state index in [1.165, 1.54) is 24.3 Å². The SMILES string of the molecule is CC[C@](N)(C(=O)O)c1ccc(C(=O)O)cc1. The Hall–Kier alpha value is -1.88. The molecule has 0 heterocycles. The normalized spacial score (nSPS) is 14.1. The lowest BCUT2D eigenvalue weighted by atomic mass is 9.88. The number of hydrogen-bond donors (Lipinski definition) is 3. The zero-order chi connectivity index (χ0) is 12.3. The highest BCUT2D eigenvalue weighted by atomic mass is 16.4. The summed E-state index contributed by atoms with van der Waals surface area (Å²) in [6.07, 6.45) is 0.231. The highest BCUT2D eigenvalue weighted by Crippen LogP contribution is 2.22. The number of hydrogen-bond acceptors (Lipinski definition) is 3. The van der Waals surface area contributed by atoms with Gasteiger partial charge >= 0.3 is 11.9 Å². The second-order valence-electron chi connectivity index (χ2n) is 3.51. The lowest BCUT2D eigenvalue weighted by Crippen LogP contribution is -2.44. The maximum absolute atomic E-state index is 11.0. The molecule has 0 amide bonds. The van der Waals surface area contributed by atoms with Crippen LogP contribution in [0.4, 0.5) is 0 Å². The van der Waals surface area contributed by atoms with Gasteiger partial charge in [-0.3, -0.25) is 0 Å². The topological polar surface area (TPSA) is 101 Å². The van der Waals surface area contributed by atoms with E-state index in [1.807, 2.05) is 0 Å². The standard InChI is InChI=1S/C11H13NO4/c1-2-11(12,10(15)16)8-5-3-7(4-6-8)9(13)14/h3-6H,2,12H2,1H3,(H,13,14)(H,15,16)/t11-/m1/s1. The van der Waals surface area contributed by atoms with Gasteiger partial charge in [0.25, 0.3) is 0 Å². The van der Waals surface area contributed by atoms with E-state index >= 15 is 0 Å². The Bertz CT molecular complexity index is 412.